The Balaban J connectivity index is 1.85. The number of nitrogens with zero attached hydrogens (tertiary/aromatic N) is 2. The molecule has 1 atom stereocenters. The predicted octanol–water partition coefficient (Wildman–Crippen LogP) is 4.02. The molecule has 2 aliphatic rings. The molecule has 1 aliphatic heterocycles. The number of amides is 1. The topological polar surface area (TPSA) is 33.2 Å². The van der Waals surface area contributed by atoms with Gasteiger partial charge in [-0.1, -0.05) is 13.8 Å². The van der Waals surface area contributed by atoms with Gasteiger partial charge < -0.3 is 4.90 Å². The van der Waals surface area contributed by atoms with Crippen LogP contribution in [0.1, 0.15) is 49.9 Å². The monoisotopic (exact) mass is 339 g/mol. The average Bonchev–Trinajstić information content (AvgIpc) is 3.03. The van der Waals surface area contributed by atoms with Crippen LogP contribution in [0.15, 0.2) is 12.3 Å². The Bertz CT molecular complexity index is 634. The highest BCUT2D eigenvalue weighted by atomic mass is 19.4. The first-order chi connectivity index (χ1) is 11.2. The van der Waals surface area contributed by atoms with Crippen molar-refractivity contribution in [2.24, 2.45) is 11.3 Å². The Labute approximate surface area is 140 Å². The van der Waals surface area contributed by atoms with E-state index in [1.165, 1.54) is 0 Å². The number of hydrogen-bond donors (Lipinski definition) is 0. The fourth-order valence-electron chi connectivity index (χ4n) is 3.86. The number of carbonyl (C=O) groups excluding carboxylic acids is 1. The highest BCUT2D eigenvalue weighted by Gasteiger charge is 2.46. The Morgan fingerprint density at radius 2 is 2.12 bits per heavy atom. The third-order valence-electron chi connectivity index (χ3n) is 5.49. The molecule has 1 fully saturated rings. The molecule has 0 saturated heterocycles. The quantitative estimate of drug-likeness (QED) is 0.815. The Kier molecular flexibility index (Phi) is 4.34. The van der Waals surface area contributed by atoms with E-state index in [4.69, 9.17) is 0 Å². The molecule has 2 heterocycles. The second-order valence-corrected chi connectivity index (χ2v) is 7.15. The first-order valence-electron chi connectivity index (χ1n) is 8.40. The maximum atomic E-state index is 13.1. The number of halogens is 3. The molecule has 6 heteroatoms. The van der Waals surface area contributed by atoms with Crippen molar-refractivity contribution in [2.75, 3.05) is 6.54 Å². The van der Waals surface area contributed by atoms with Gasteiger partial charge in [0.15, 0.2) is 0 Å². The Morgan fingerprint density at radius 1 is 1.38 bits per heavy atom. The van der Waals surface area contributed by atoms with E-state index in [-0.39, 0.29) is 18.4 Å². The smallest absolute Gasteiger partial charge is 0.337 e. The summed E-state index contributed by atoms with van der Waals surface area (Å²) in [7, 11) is 0. The van der Waals surface area contributed by atoms with Gasteiger partial charge in [0, 0.05) is 31.4 Å². The highest BCUT2D eigenvalue weighted by molar-refractivity contribution is 5.84. The molecule has 1 aliphatic carbocycles. The van der Waals surface area contributed by atoms with Gasteiger partial charge in [-0.2, -0.15) is 13.2 Å². The molecule has 3 nitrogen and oxygen atoms in total. The van der Waals surface area contributed by atoms with E-state index in [1.54, 1.807) is 4.90 Å². The van der Waals surface area contributed by atoms with Crippen LogP contribution in [-0.4, -0.2) is 22.3 Å². The lowest BCUT2D eigenvalue weighted by atomic mass is 9.74. The summed E-state index contributed by atoms with van der Waals surface area (Å²) in [6.45, 7) is 4.86. The zero-order valence-electron chi connectivity index (χ0n) is 14.0. The van der Waals surface area contributed by atoms with Gasteiger partial charge in [0.25, 0.3) is 0 Å². The third kappa shape index (κ3) is 2.91. The van der Waals surface area contributed by atoms with Crippen LogP contribution in [0.2, 0.25) is 0 Å². The number of hydrogen-bond acceptors (Lipinski definition) is 2. The molecule has 1 amide bonds. The van der Waals surface area contributed by atoms with Gasteiger partial charge in [0.05, 0.1) is 11.0 Å². The minimum absolute atomic E-state index is 0.0781. The number of fused-ring (bicyclic) bond motifs is 1. The summed E-state index contributed by atoms with van der Waals surface area (Å²) in [5.74, 6) is 0.291. The maximum absolute atomic E-state index is 13.1. The lowest BCUT2D eigenvalue weighted by molar-refractivity contribution is -0.145. The van der Waals surface area contributed by atoms with Gasteiger partial charge in [0.2, 0.25) is 5.91 Å². The molecule has 24 heavy (non-hydrogen) atoms. The van der Waals surface area contributed by atoms with Gasteiger partial charge in [-0.3, -0.25) is 9.78 Å². The summed E-state index contributed by atoms with van der Waals surface area (Å²) in [5.41, 5.74) is 0.0456. The lowest BCUT2D eigenvalue weighted by Crippen LogP contribution is -2.47. The van der Waals surface area contributed by atoms with Crippen molar-refractivity contribution in [2.45, 2.75) is 52.3 Å². The second-order valence-electron chi connectivity index (χ2n) is 7.15. The van der Waals surface area contributed by atoms with Crippen LogP contribution in [0.4, 0.5) is 13.2 Å². The van der Waals surface area contributed by atoms with Crippen molar-refractivity contribution in [3.8, 4) is 0 Å². The molecule has 0 unspecified atom stereocenters. The standard InChI is InChI=1S/C18H22F3N2O/c1-12(2)17(6-3-4-7-17)16(24)23-8-5-15-13(11-23)9-14(10-22-15)18(19,20)21/h3,9-10,12H,4-8,11H2,1-2H3/t17-/m0/s1. The van der Waals surface area contributed by atoms with E-state index in [9.17, 15) is 18.0 Å². The molecule has 0 spiro atoms. The van der Waals surface area contributed by atoms with Crippen LogP contribution < -0.4 is 0 Å². The van der Waals surface area contributed by atoms with E-state index in [0.29, 0.717) is 24.2 Å². The highest BCUT2D eigenvalue weighted by Crippen LogP contribution is 2.45. The molecular weight excluding hydrogens is 317 g/mol. The van der Waals surface area contributed by atoms with Crippen molar-refractivity contribution in [1.29, 1.82) is 0 Å². The normalized spacial score (nSPS) is 20.3. The van der Waals surface area contributed by atoms with Crippen molar-refractivity contribution in [3.05, 3.63) is 35.5 Å². The van der Waals surface area contributed by atoms with Gasteiger partial charge in [-0.15, -0.1) is 0 Å². The molecule has 1 aromatic rings. The molecule has 0 N–H and O–H groups in total. The molecule has 131 valence electrons. The number of aromatic nitrogens is 1. The second kappa shape index (κ2) is 6.05. The van der Waals surface area contributed by atoms with Crippen molar-refractivity contribution >= 4 is 5.91 Å². The number of rotatable bonds is 2. The Morgan fingerprint density at radius 3 is 2.71 bits per heavy atom. The van der Waals surface area contributed by atoms with Gasteiger partial charge in [0.1, 0.15) is 0 Å². The minimum Gasteiger partial charge on any atom is -0.337 e. The van der Waals surface area contributed by atoms with Crippen LogP contribution in [0.3, 0.4) is 0 Å². The number of alkyl halides is 3. The summed E-state index contributed by atoms with van der Waals surface area (Å²) in [6, 6.07) is 1.14. The van der Waals surface area contributed by atoms with Crippen LogP contribution in [-0.2, 0) is 23.9 Å². The summed E-state index contributed by atoms with van der Waals surface area (Å²) in [4.78, 5) is 18.8. The van der Waals surface area contributed by atoms with Crippen LogP contribution in [0.5, 0.6) is 0 Å². The van der Waals surface area contributed by atoms with Crippen molar-refractivity contribution in [3.63, 3.8) is 0 Å². The predicted molar refractivity (Wildman–Crippen MR) is 83.8 cm³/mol. The zero-order chi connectivity index (χ0) is 17.5. The summed E-state index contributed by atoms with van der Waals surface area (Å²) in [5, 5.41) is 0. The maximum Gasteiger partial charge on any atom is 0.417 e. The molecular formula is C18H22F3N2O. The Hall–Kier alpha value is -1.59. The van der Waals surface area contributed by atoms with Crippen molar-refractivity contribution in [1.82, 2.24) is 9.88 Å². The summed E-state index contributed by atoms with van der Waals surface area (Å²) in [6.07, 6.45) is 1.65. The number of carbonyl (C=O) groups is 1. The first kappa shape index (κ1) is 17.2. The van der Waals surface area contributed by atoms with E-state index < -0.39 is 17.2 Å². The summed E-state index contributed by atoms with van der Waals surface area (Å²) >= 11 is 0. The fourth-order valence-corrected chi connectivity index (χ4v) is 3.86. The first-order valence-corrected chi connectivity index (χ1v) is 8.40. The SMILES string of the molecule is CC(C)[C@]1(C(=O)N2CCc3ncc(C(F)(F)F)cc3C2)C[CH]CC1. The fraction of sp³-hybridized carbons (Fsp3) is 0.611. The van der Waals surface area contributed by atoms with Gasteiger partial charge in [-0.05, 0) is 43.2 Å². The van der Waals surface area contributed by atoms with Gasteiger partial charge in [-0.25, -0.2) is 0 Å². The molecule has 1 radical (unpaired) electrons. The number of pyridine rings is 1. The summed E-state index contributed by atoms with van der Waals surface area (Å²) < 4.78 is 38.7. The molecule has 1 saturated carbocycles. The zero-order valence-corrected chi connectivity index (χ0v) is 14.0. The van der Waals surface area contributed by atoms with Crippen molar-refractivity contribution < 1.29 is 18.0 Å². The molecule has 0 aromatic carbocycles. The molecule has 0 bridgehead atoms. The average molecular weight is 339 g/mol. The largest absolute Gasteiger partial charge is 0.417 e. The molecule has 1 aromatic heterocycles. The lowest BCUT2D eigenvalue weighted by Gasteiger charge is -2.39. The van der Waals surface area contributed by atoms with Crippen LogP contribution >= 0.6 is 0 Å². The van der Waals surface area contributed by atoms with Gasteiger partial charge >= 0.3 is 6.18 Å². The van der Waals surface area contributed by atoms with Crippen LogP contribution in [0, 0.1) is 17.8 Å². The van der Waals surface area contributed by atoms with E-state index in [0.717, 1.165) is 31.5 Å². The van der Waals surface area contributed by atoms with E-state index >= 15 is 0 Å². The third-order valence-corrected chi connectivity index (χ3v) is 5.49. The van der Waals surface area contributed by atoms with E-state index in [1.807, 2.05) is 0 Å². The minimum atomic E-state index is -4.41. The molecule has 3 rings (SSSR count). The van der Waals surface area contributed by atoms with Crippen LogP contribution in [0.25, 0.3) is 0 Å². The van der Waals surface area contributed by atoms with E-state index in [2.05, 4.69) is 25.3 Å².